The number of rotatable bonds is 12. The van der Waals surface area contributed by atoms with Crippen LogP contribution >= 0.6 is 0 Å². The Morgan fingerprint density at radius 1 is 1.04 bits per heavy atom. The van der Waals surface area contributed by atoms with Gasteiger partial charge in [-0.2, -0.15) is 18.3 Å². The fourth-order valence-corrected chi connectivity index (χ4v) is 6.16. The van der Waals surface area contributed by atoms with Gasteiger partial charge in [0.25, 0.3) is 5.56 Å². The number of carbonyl (C=O) groups is 2. The lowest BCUT2D eigenvalue weighted by Gasteiger charge is -2.27. The van der Waals surface area contributed by atoms with Crippen LogP contribution in [0, 0.1) is 49.1 Å². The maximum Gasteiger partial charge on any atom is 0.416 e. The van der Waals surface area contributed by atoms with Crippen molar-refractivity contribution in [2.24, 2.45) is 5.92 Å². The molecular weight excluding hydrogens is 678 g/mol. The van der Waals surface area contributed by atoms with Crippen LogP contribution in [-0.4, -0.2) is 31.3 Å². The minimum Gasteiger partial charge on any atom is -0.481 e. The second-order valence-corrected chi connectivity index (χ2v) is 12.6. The molecule has 0 bridgehead atoms. The van der Waals surface area contributed by atoms with E-state index in [4.69, 9.17) is 0 Å². The minimum absolute atomic E-state index is 0.0162. The molecule has 1 amide bonds. The Balaban J connectivity index is 1.86. The van der Waals surface area contributed by atoms with E-state index >= 15 is 8.78 Å². The summed E-state index contributed by atoms with van der Waals surface area (Å²) in [4.78, 5) is 39.3. The molecule has 0 aliphatic rings. The zero-order chi connectivity index (χ0) is 37.8. The number of pyridine rings is 1. The highest BCUT2D eigenvalue weighted by atomic mass is 19.4. The largest absolute Gasteiger partial charge is 0.481 e. The zero-order valence-corrected chi connectivity index (χ0v) is 28.5. The fourth-order valence-electron chi connectivity index (χ4n) is 6.16. The average molecular weight is 715 g/mol. The second-order valence-electron chi connectivity index (χ2n) is 12.6. The number of benzene rings is 2. The number of carboxylic acid groups (broad SMARTS) is 1. The Bertz CT molecular complexity index is 2040. The van der Waals surface area contributed by atoms with Gasteiger partial charge in [0.1, 0.15) is 23.5 Å². The van der Waals surface area contributed by atoms with Crippen LogP contribution < -0.4 is 10.9 Å². The van der Waals surface area contributed by atoms with Crippen LogP contribution in [0.3, 0.4) is 0 Å². The van der Waals surface area contributed by atoms with Crippen molar-refractivity contribution in [2.45, 2.75) is 78.7 Å². The van der Waals surface area contributed by atoms with Gasteiger partial charge in [-0.05, 0) is 86.1 Å². The third kappa shape index (κ3) is 8.89. The summed E-state index contributed by atoms with van der Waals surface area (Å²) in [5.74, 6) is -0.792. The molecule has 4 rings (SSSR count). The number of aliphatic carboxylic acids is 1. The van der Waals surface area contributed by atoms with Crippen molar-refractivity contribution < 1.29 is 41.0 Å². The molecule has 0 spiro atoms. The molecule has 0 aliphatic carbocycles. The lowest BCUT2D eigenvalue weighted by Crippen LogP contribution is -2.41. The molecule has 0 saturated heterocycles. The Kier molecular flexibility index (Phi) is 11.8. The lowest BCUT2D eigenvalue weighted by atomic mass is 9.88. The molecule has 2 aromatic carbocycles. The molecule has 0 fully saturated rings. The van der Waals surface area contributed by atoms with Gasteiger partial charge in [0.15, 0.2) is 0 Å². The van der Waals surface area contributed by atoms with Crippen LogP contribution in [-0.2, 0) is 28.7 Å². The Labute approximate surface area is 290 Å². The van der Waals surface area contributed by atoms with E-state index in [-0.39, 0.29) is 58.7 Å². The number of nitrogens with zero attached hydrogens (tertiary/aromatic N) is 3. The van der Waals surface area contributed by atoms with E-state index < -0.39 is 70.7 Å². The summed E-state index contributed by atoms with van der Waals surface area (Å²) < 4.78 is 91.2. The number of alkyl halides is 3. The van der Waals surface area contributed by atoms with Gasteiger partial charge in [0.05, 0.1) is 18.0 Å². The summed E-state index contributed by atoms with van der Waals surface area (Å²) in [7, 11) is 0. The van der Waals surface area contributed by atoms with Crippen LogP contribution in [0.1, 0.15) is 79.1 Å². The van der Waals surface area contributed by atoms with E-state index in [9.17, 15) is 37.1 Å². The quantitative estimate of drug-likeness (QED) is 0.118. The first-order chi connectivity index (χ1) is 23.9. The van der Waals surface area contributed by atoms with Crippen molar-refractivity contribution in [2.75, 3.05) is 0 Å². The lowest BCUT2D eigenvalue weighted by molar-refractivity contribution is -0.139. The molecule has 2 atom stereocenters. The highest BCUT2D eigenvalue weighted by Gasteiger charge is 2.36. The molecule has 0 radical (unpaired) electrons. The molecule has 0 unspecified atom stereocenters. The number of nitrogens with one attached hydrogen (secondary N) is 1. The summed E-state index contributed by atoms with van der Waals surface area (Å²) >= 11 is 0. The van der Waals surface area contributed by atoms with E-state index in [0.29, 0.717) is 6.07 Å². The van der Waals surface area contributed by atoms with Gasteiger partial charge in [-0.15, -0.1) is 5.92 Å². The van der Waals surface area contributed by atoms with Gasteiger partial charge in [0, 0.05) is 47.9 Å². The topological polar surface area (TPSA) is 106 Å². The predicted molar refractivity (Wildman–Crippen MR) is 177 cm³/mol. The van der Waals surface area contributed by atoms with E-state index in [1.54, 1.807) is 26.1 Å². The van der Waals surface area contributed by atoms with E-state index in [2.05, 4.69) is 22.3 Å². The minimum atomic E-state index is -4.90. The third-order valence-corrected chi connectivity index (χ3v) is 8.28. The van der Waals surface area contributed by atoms with E-state index in [1.165, 1.54) is 31.6 Å². The van der Waals surface area contributed by atoms with Gasteiger partial charge >= 0.3 is 12.1 Å². The Morgan fingerprint density at radius 3 is 2.25 bits per heavy atom. The molecule has 4 aromatic rings. The fraction of sp³-hybridized carbons (Fsp3) is 0.351. The Hall–Kier alpha value is -5.32. The summed E-state index contributed by atoms with van der Waals surface area (Å²) in [5, 5.41) is 16.1. The van der Waals surface area contributed by atoms with Crippen molar-refractivity contribution in [3.63, 3.8) is 0 Å². The van der Waals surface area contributed by atoms with Gasteiger partial charge < -0.3 is 15.0 Å². The molecule has 2 aromatic heterocycles. The van der Waals surface area contributed by atoms with Crippen molar-refractivity contribution in [3.8, 4) is 23.0 Å². The smallest absolute Gasteiger partial charge is 0.416 e. The number of hydrogen-bond donors (Lipinski definition) is 2. The summed E-state index contributed by atoms with van der Waals surface area (Å²) in [5.41, 5.74) is -3.08. The molecule has 51 heavy (non-hydrogen) atoms. The van der Waals surface area contributed by atoms with Gasteiger partial charge in [-0.3, -0.25) is 19.1 Å². The molecule has 8 nitrogen and oxygen atoms in total. The molecule has 270 valence electrons. The number of aromatic nitrogens is 3. The maximum absolute atomic E-state index is 16.7. The molecule has 2 N–H and O–H groups in total. The van der Waals surface area contributed by atoms with Crippen molar-refractivity contribution >= 4 is 11.9 Å². The number of hydrogen-bond acceptors (Lipinski definition) is 4. The monoisotopic (exact) mass is 714 g/mol. The van der Waals surface area contributed by atoms with Gasteiger partial charge in [0.2, 0.25) is 5.91 Å². The van der Waals surface area contributed by atoms with E-state index in [1.807, 2.05) is 0 Å². The van der Waals surface area contributed by atoms with Crippen molar-refractivity contribution in [3.05, 3.63) is 110 Å². The van der Waals surface area contributed by atoms with Crippen LogP contribution in [0.15, 0.2) is 53.7 Å². The summed E-state index contributed by atoms with van der Waals surface area (Å²) in [6, 6.07) is 1.81. The summed E-state index contributed by atoms with van der Waals surface area (Å²) in [6.45, 7) is 7.85. The zero-order valence-electron chi connectivity index (χ0n) is 28.5. The predicted octanol–water partition coefficient (Wildman–Crippen LogP) is 7.30. The highest BCUT2D eigenvalue weighted by molar-refractivity contribution is 5.83. The number of aryl methyl sites for hydroxylation is 4. The number of halogens is 6. The van der Waals surface area contributed by atoms with E-state index in [0.717, 1.165) is 29.0 Å². The summed E-state index contributed by atoms with van der Waals surface area (Å²) in [6.07, 6.45) is -2.31. The number of carboxylic acids is 1. The first kappa shape index (κ1) is 38.5. The maximum atomic E-state index is 16.7. The van der Waals surface area contributed by atoms with Crippen molar-refractivity contribution in [1.29, 1.82) is 0 Å². The molecule has 14 heteroatoms. The first-order valence-corrected chi connectivity index (χ1v) is 16.0. The van der Waals surface area contributed by atoms with Crippen LogP contribution in [0.25, 0.3) is 11.1 Å². The Morgan fingerprint density at radius 2 is 1.71 bits per heavy atom. The second kappa shape index (κ2) is 15.7. The third-order valence-electron chi connectivity index (χ3n) is 8.28. The van der Waals surface area contributed by atoms with Crippen molar-refractivity contribution in [1.82, 2.24) is 19.7 Å². The SMILES string of the molecule is CC#Cc1cc(F)c([C@@H](CC(=O)O)NC(=O)[C@@H](CC(C)C)n2cc(CCn3cccn3)c(C(F)(F)F)cc2=O)c(F)c1-c1c(C)cc(F)cc1C. The van der Waals surface area contributed by atoms with Crippen LogP contribution in [0.5, 0.6) is 0 Å². The molecule has 0 saturated carbocycles. The van der Waals surface area contributed by atoms with Crippen LogP contribution in [0.4, 0.5) is 26.3 Å². The standard InChI is InChI=1S/C37H36F6N4O4/c1-6-8-23-16-27(39)34(35(40)33(23)32-21(4)14-25(38)15-22(32)5)28(18-31(49)50)45-36(51)29(13-20(2)3)47-19-24(9-12-46-11-7-10-44-46)26(17-30(47)48)37(41,42)43/h7,10-11,14-17,19-20,28-29H,9,12-13,18H2,1-5H3,(H,45,51)(H,49,50)/t28-,29-/m1/s1. The van der Waals surface area contributed by atoms with Gasteiger partial charge in [-0.25, -0.2) is 13.2 Å². The van der Waals surface area contributed by atoms with Gasteiger partial charge in [-0.1, -0.05) is 19.8 Å². The number of carbonyl (C=O) groups excluding carboxylic acids is 1. The first-order valence-electron chi connectivity index (χ1n) is 16.0. The van der Waals surface area contributed by atoms with Crippen LogP contribution in [0.2, 0.25) is 0 Å². The molecule has 0 aliphatic heterocycles. The number of amides is 1. The molecule has 2 heterocycles. The highest BCUT2D eigenvalue weighted by Crippen LogP contribution is 2.38. The molecular formula is C37H36F6N4O4. The normalized spacial score (nSPS) is 12.7. The average Bonchev–Trinajstić information content (AvgIpc) is 3.53.